The van der Waals surface area contributed by atoms with Crippen molar-refractivity contribution in [3.05, 3.63) is 12.2 Å². The Hall–Kier alpha value is -0.630. The predicted molar refractivity (Wildman–Crippen MR) is 38.6 cm³/mol. The quantitative estimate of drug-likeness (QED) is 0.510. The molecule has 0 bridgehead atoms. The predicted octanol–water partition coefficient (Wildman–Crippen LogP) is 1.05. The van der Waals surface area contributed by atoms with Gasteiger partial charge in [0, 0.05) is 12.8 Å². The van der Waals surface area contributed by atoms with Crippen LogP contribution in [0, 0.1) is 0 Å². The van der Waals surface area contributed by atoms with Gasteiger partial charge in [-0.05, 0) is 13.3 Å². The summed E-state index contributed by atoms with van der Waals surface area (Å²) < 4.78 is 0. The van der Waals surface area contributed by atoms with E-state index in [2.05, 4.69) is 0 Å². The summed E-state index contributed by atoms with van der Waals surface area (Å²) in [5.74, 6) is -0.0440. The van der Waals surface area contributed by atoms with E-state index in [-0.39, 0.29) is 5.78 Å². The third-order valence-electron chi connectivity index (χ3n) is 1.82. The van der Waals surface area contributed by atoms with E-state index in [1.54, 1.807) is 6.92 Å². The van der Waals surface area contributed by atoms with Gasteiger partial charge in [-0.15, -0.1) is 0 Å². The molecule has 2 heteroatoms. The minimum atomic E-state index is -1.10. The van der Waals surface area contributed by atoms with Crippen LogP contribution in [0.15, 0.2) is 12.2 Å². The van der Waals surface area contributed by atoms with Crippen LogP contribution in [0.5, 0.6) is 0 Å². The van der Waals surface area contributed by atoms with Gasteiger partial charge >= 0.3 is 0 Å². The van der Waals surface area contributed by atoms with E-state index in [1.165, 1.54) is 0 Å². The molecule has 0 aromatic rings. The summed E-state index contributed by atoms with van der Waals surface area (Å²) in [6.07, 6.45) is 5.52. The maximum absolute atomic E-state index is 11.0. The second kappa shape index (κ2) is 2.54. The van der Waals surface area contributed by atoms with Crippen molar-refractivity contribution in [1.82, 2.24) is 0 Å². The maximum atomic E-state index is 11.0. The normalized spacial score (nSPS) is 34.0. The van der Waals surface area contributed by atoms with Crippen molar-refractivity contribution >= 4 is 5.78 Å². The molecular weight excluding hydrogens is 128 g/mol. The first kappa shape index (κ1) is 7.48. The maximum Gasteiger partial charge on any atom is 0.164 e. The average Bonchev–Trinajstić information content (AvgIpc) is 1.96. The lowest BCUT2D eigenvalue weighted by Gasteiger charge is -2.17. The van der Waals surface area contributed by atoms with E-state index in [1.807, 2.05) is 12.2 Å². The summed E-state index contributed by atoms with van der Waals surface area (Å²) in [6, 6.07) is 0. The zero-order valence-corrected chi connectivity index (χ0v) is 6.13. The first-order valence-electron chi connectivity index (χ1n) is 3.53. The zero-order valence-electron chi connectivity index (χ0n) is 6.13. The minimum Gasteiger partial charge on any atom is -0.382 e. The fraction of sp³-hybridized carbons (Fsp3) is 0.625. The van der Waals surface area contributed by atoms with Crippen molar-refractivity contribution in [2.75, 3.05) is 0 Å². The lowest BCUT2D eigenvalue weighted by atomic mass is 9.96. The fourth-order valence-electron chi connectivity index (χ4n) is 1.03. The van der Waals surface area contributed by atoms with Crippen LogP contribution in [-0.4, -0.2) is 16.5 Å². The van der Waals surface area contributed by atoms with Gasteiger partial charge in [0.05, 0.1) is 0 Å². The first-order chi connectivity index (χ1) is 4.63. The van der Waals surface area contributed by atoms with Gasteiger partial charge in [-0.3, -0.25) is 4.79 Å². The second-order valence-electron chi connectivity index (χ2n) is 2.91. The number of rotatable bonds is 0. The molecule has 0 aromatic carbocycles. The highest BCUT2D eigenvalue weighted by molar-refractivity contribution is 5.87. The lowest BCUT2D eigenvalue weighted by Crippen LogP contribution is -2.33. The standard InChI is InChI=1S/C8H12O2/c1-8(10)6-4-2-3-5-7(8)9/h2,4,10H,3,5-6H2,1H3. The van der Waals surface area contributed by atoms with Crippen LogP contribution in [0.25, 0.3) is 0 Å². The van der Waals surface area contributed by atoms with Gasteiger partial charge in [-0.25, -0.2) is 0 Å². The van der Waals surface area contributed by atoms with Gasteiger partial charge < -0.3 is 5.11 Å². The molecule has 0 saturated carbocycles. The van der Waals surface area contributed by atoms with Gasteiger partial charge in [0.15, 0.2) is 5.78 Å². The average molecular weight is 140 g/mol. The van der Waals surface area contributed by atoms with Crippen molar-refractivity contribution in [2.24, 2.45) is 0 Å². The third kappa shape index (κ3) is 1.45. The van der Waals surface area contributed by atoms with Crippen LogP contribution >= 0.6 is 0 Å². The Bertz CT molecular complexity index is 168. The molecule has 0 aromatic heterocycles. The summed E-state index contributed by atoms with van der Waals surface area (Å²) in [5, 5.41) is 9.42. The fourth-order valence-corrected chi connectivity index (χ4v) is 1.03. The Morgan fingerprint density at radius 2 is 2.30 bits per heavy atom. The monoisotopic (exact) mass is 140 g/mol. The highest BCUT2D eigenvalue weighted by Crippen LogP contribution is 2.18. The molecule has 1 aliphatic rings. The number of aliphatic hydroxyl groups is 1. The number of carbonyl (C=O) groups is 1. The minimum absolute atomic E-state index is 0.0440. The molecule has 1 rings (SSSR count). The van der Waals surface area contributed by atoms with Crippen molar-refractivity contribution in [2.45, 2.75) is 31.8 Å². The molecule has 0 aliphatic heterocycles. The summed E-state index contributed by atoms with van der Waals surface area (Å²) in [4.78, 5) is 11.0. The molecule has 2 nitrogen and oxygen atoms in total. The van der Waals surface area contributed by atoms with E-state index in [9.17, 15) is 9.90 Å². The Morgan fingerprint density at radius 3 is 3.00 bits per heavy atom. The number of allylic oxidation sites excluding steroid dienone is 1. The van der Waals surface area contributed by atoms with E-state index in [0.29, 0.717) is 12.8 Å². The van der Waals surface area contributed by atoms with Crippen LogP contribution in [0.1, 0.15) is 26.2 Å². The first-order valence-corrected chi connectivity index (χ1v) is 3.53. The number of ketones is 1. The molecule has 0 amide bonds. The molecule has 10 heavy (non-hydrogen) atoms. The Balaban J connectivity index is 2.71. The molecule has 0 fully saturated rings. The van der Waals surface area contributed by atoms with Crippen molar-refractivity contribution in [3.8, 4) is 0 Å². The summed E-state index contributed by atoms with van der Waals surface area (Å²) in [5.41, 5.74) is -1.10. The van der Waals surface area contributed by atoms with E-state index in [0.717, 1.165) is 6.42 Å². The van der Waals surface area contributed by atoms with E-state index < -0.39 is 5.60 Å². The molecule has 0 spiro atoms. The van der Waals surface area contributed by atoms with E-state index >= 15 is 0 Å². The number of carbonyl (C=O) groups excluding carboxylic acids is 1. The molecule has 0 heterocycles. The van der Waals surface area contributed by atoms with Gasteiger partial charge in [-0.2, -0.15) is 0 Å². The van der Waals surface area contributed by atoms with E-state index in [4.69, 9.17) is 0 Å². The Kier molecular flexibility index (Phi) is 1.90. The molecule has 56 valence electrons. The van der Waals surface area contributed by atoms with Crippen molar-refractivity contribution < 1.29 is 9.90 Å². The topological polar surface area (TPSA) is 37.3 Å². The van der Waals surface area contributed by atoms with Crippen LogP contribution in [0.3, 0.4) is 0 Å². The van der Waals surface area contributed by atoms with Gasteiger partial charge in [0.25, 0.3) is 0 Å². The number of Topliss-reactive ketones (excluding diaryl/α,β-unsaturated/α-hetero) is 1. The molecule has 1 atom stereocenters. The highest BCUT2D eigenvalue weighted by Gasteiger charge is 2.28. The Morgan fingerprint density at radius 1 is 1.60 bits per heavy atom. The molecular formula is C8H12O2. The SMILES string of the molecule is CC1(O)CC=CCCC1=O. The number of hydrogen-bond acceptors (Lipinski definition) is 2. The van der Waals surface area contributed by atoms with Gasteiger partial charge in [-0.1, -0.05) is 12.2 Å². The van der Waals surface area contributed by atoms with Crippen LogP contribution in [0.2, 0.25) is 0 Å². The van der Waals surface area contributed by atoms with Crippen molar-refractivity contribution in [3.63, 3.8) is 0 Å². The smallest absolute Gasteiger partial charge is 0.164 e. The van der Waals surface area contributed by atoms with Crippen LogP contribution in [-0.2, 0) is 4.79 Å². The molecule has 1 unspecified atom stereocenters. The van der Waals surface area contributed by atoms with Crippen LogP contribution < -0.4 is 0 Å². The zero-order chi connectivity index (χ0) is 7.61. The third-order valence-corrected chi connectivity index (χ3v) is 1.82. The lowest BCUT2D eigenvalue weighted by molar-refractivity contribution is -0.135. The molecule has 0 radical (unpaired) electrons. The molecule has 1 N–H and O–H groups in total. The highest BCUT2D eigenvalue weighted by atomic mass is 16.3. The Labute approximate surface area is 60.6 Å². The summed E-state index contributed by atoms with van der Waals surface area (Å²) >= 11 is 0. The largest absolute Gasteiger partial charge is 0.382 e. The molecule has 0 saturated heterocycles. The number of hydrogen-bond donors (Lipinski definition) is 1. The summed E-state index contributed by atoms with van der Waals surface area (Å²) in [6.45, 7) is 1.57. The summed E-state index contributed by atoms with van der Waals surface area (Å²) in [7, 11) is 0. The molecule has 1 aliphatic carbocycles. The van der Waals surface area contributed by atoms with Crippen molar-refractivity contribution in [1.29, 1.82) is 0 Å². The van der Waals surface area contributed by atoms with Crippen LogP contribution in [0.4, 0.5) is 0 Å². The van der Waals surface area contributed by atoms with Gasteiger partial charge in [0.2, 0.25) is 0 Å². The second-order valence-corrected chi connectivity index (χ2v) is 2.91. The van der Waals surface area contributed by atoms with Gasteiger partial charge in [0.1, 0.15) is 5.60 Å².